The average molecular weight is 345 g/mol. The fourth-order valence-electron chi connectivity index (χ4n) is 3.37. The van der Waals surface area contributed by atoms with Crippen LogP contribution in [0, 0.1) is 5.92 Å². The maximum absolute atomic E-state index is 13.3. The van der Waals surface area contributed by atoms with E-state index in [0.717, 1.165) is 13.2 Å². The quantitative estimate of drug-likeness (QED) is 0.853. The molecule has 3 atom stereocenters. The number of likely N-dealkylation sites (N-methyl/N-ethyl adjacent to an activating group) is 1. The molecule has 24 heavy (non-hydrogen) atoms. The van der Waals surface area contributed by atoms with Gasteiger partial charge in [0.05, 0.1) is 18.6 Å². The highest BCUT2D eigenvalue weighted by Crippen LogP contribution is 2.49. The van der Waals surface area contributed by atoms with Gasteiger partial charge in [-0.15, -0.1) is 0 Å². The van der Waals surface area contributed by atoms with Crippen LogP contribution in [-0.2, 0) is 20.5 Å². The third-order valence-corrected chi connectivity index (χ3v) is 4.72. The Morgan fingerprint density at radius 2 is 1.92 bits per heavy atom. The number of carboxylic acids is 1. The monoisotopic (exact) mass is 345 g/mol. The summed E-state index contributed by atoms with van der Waals surface area (Å²) < 4.78 is 44.7. The van der Waals surface area contributed by atoms with E-state index in [1.54, 1.807) is 0 Å². The van der Waals surface area contributed by atoms with Crippen molar-refractivity contribution >= 4 is 11.9 Å². The summed E-state index contributed by atoms with van der Waals surface area (Å²) in [6.45, 7) is 1.48. The normalized spacial score (nSPS) is 27.9. The van der Waals surface area contributed by atoms with Gasteiger partial charge >= 0.3 is 18.1 Å². The van der Waals surface area contributed by atoms with Crippen LogP contribution in [0.2, 0.25) is 0 Å². The summed E-state index contributed by atoms with van der Waals surface area (Å²) in [5.74, 6) is -3.10. The maximum Gasteiger partial charge on any atom is 0.416 e. The van der Waals surface area contributed by atoms with E-state index in [1.807, 2.05) is 0 Å². The first-order valence-electron chi connectivity index (χ1n) is 7.24. The average Bonchev–Trinajstić information content (AvgIpc) is 2.79. The van der Waals surface area contributed by atoms with Gasteiger partial charge in [0, 0.05) is 6.04 Å². The van der Waals surface area contributed by atoms with E-state index in [9.17, 15) is 27.9 Å². The molecule has 1 fully saturated rings. The molecule has 0 amide bonds. The molecule has 1 saturated heterocycles. The SMILES string of the molecule is COC(=O)[C@]1(C)C[C@H](C(=O)O)[C@@H](c2ccccc2C(F)(F)F)N1C. The van der Waals surface area contributed by atoms with Crippen LogP contribution in [0.5, 0.6) is 0 Å². The maximum atomic E-state index is 13.3. The molecule has 1 heterocycles. The molecule has 0 aliphatic carbocycles. The van der Waals surface area contributed by atoms with Crippen LogP contribution >= 0.6 is 0 Å². The fraction of sp³-hybridized carbons (Fsp3) is 0.500. The van der Waals surface area contributed by atoms with Gasteiger partial charge in [0.25, 0.3) is 0 Å². The Bertz CT molecular complexity index is 661. The number of ether oxygens (including phenoxy) is 1. The van der Waals surface area contributed by atoms with Crippen LogP contribution in [0.3, 0.4) is 0 Å². The summed E-state index contributed by atoms with van der Waals surface area (Å²) in [5, 5.41) is 9.48. The highest BCUT2D eigenvalue weighted by Gasteiger charge is 2.56. The summed E-state index contributed by atoms with van der Waals surface area (Å²) >= 11 is 0. The number of carbonyl (C=O) groups is 2. The Morgan fingerprint density at radius 3 is 2.42 bits per heavy atom. The van der Waals surface area contributed by atoms with Gasteiger partial charge in [-0.1, -0.05) is 18.2 Å². The number of rotatable bonds is 3. The Balaban J connectivity index is 2.60. The lowest BCUT2D eigenvalue weighted by Gasteiger charge is -2.33. The van der Waals surface area contributed by atoms with Gasteiger partial charge in [0.15, 0.2) is 0 Å². The zero-order valence-electron chi connectivity index (χ0n) is 13.4. The van der Waals surface area contributed by atoms with Crippen molar-refractivity contribution in [2.75, 3.05) is 14.2 Å². The van der Waals surface area contributed by atoms with Gasteiger partial charge in [0.1, 0.15) is 5.54 Å². The van der Waals surface area contributed by atoms with Crippen molar-refractivity contribution in [3.05, 3.63) is 35.4 Å². The fourth-order valence-corrected chi connectivity index (χ4v) is 3.37. The number of alkyl halides is 3. The second kappa shape index (κ2) is 6.08. The number of aliphatic carboxylic acids is 1. The molecule has 132 valence electrons. The van der Waals surface area contributed by atoms with Crippen molar-refractivity contribution in [2.24, 2.45) is 5.92 Å². The topological polar surface area (TPSA) is 66.8 Å². The highest BCUT2D eigenvalue weighted by molar-refractivity contribution is 5.83. The van der Waals surface area contributed by atoms with Crippen LogP contribution in [0.15, 0.2) is 24.3 Å². The first-order valence-corrected chi connectivity index (χ1v) is 7.24. The molecule has 1 aliphatic rings. The van der Waals surface area contributed by atoms with E-state index < -0.39 is 41.2 Å². The first-order chi connectivity index (χ1) is 11.0. The Kier molecular flexibility index (Phi) is 4.63. The number of nitrogens with zero attached hydrogens (tertiary/aromatic N) is 1. The molecule has 0 unspecified atom stereocenters. The van der Waals surface area contributed by atoms with Gasteiger partial charge in [-0.3, -0.25) is 14.5 Å². The van der Waals surface area contributed by atoms with Gasteiger partial charge in [0.2, 0.25) is 0 Å². The molecule has 0 aromatic heterocycles. The van der Waals surface area contributed by atoms with Crippen molar-refractivity contribution in [1.29, 1.82) is 0 Å². The summed E-state index contributed by atoms with van der Waals surface area (Å²) in [4.78, 5) is 25.1. The molecule has 8 heteroatoms. The number of methoxy groups -OCH3 is 1. The first kappa shape index (κ1) is 18.3. The minimum Gasteiger partial charge on any atom is -0.481 e. The Morgan fingerprint density at radius 1 is 1.33 bits per heavy atom. The molecule has 0 bridgehead atoms. The molecule has 1 aliphatic heterocycles. The molecular formula is C16H18F3NO4. The molecule has 0 radical (unpaired) electrons. The summed E-state index contributed by atoms with van der Waals surface area (Å²) in [7, 11) is 2.60. The van der Waals surface area contributed by atoms with Crippen LogP contribution in [-0.4, -0.2) is 41.6 Å². The zero-order valence-corrected chi connectivity index (χ0v) is 13.4. The molecule has 5 nitrogen and oxygen atoms in total. The van der Waals surface area contributed by atoms with Crippen molar-refractivity contribution < 1.29 is 32.6 Å². The van der Waals surface area contributed by atoms with Crippen LogP contribution in [0.25, 0.3) is 0 Å². The minimum atomic E-state index is -4.62. The predicted octanol–water partition coefficient (Wildman–Crippen LogP) is 2.71. The second-order valence-corrected chi connectivity index (χ2v) is 6.06. The smallest absolute Gasteiger partial charge is 0.416 e. The molecular weight excluding hydrogens is 327 g/mol. The van der Waals surface area contributed by atoms with Crippen LogP contribution in [0.1, 0.15) is 30.5 Å². The highest BCUT2D eigenvalue weighted by atomic mass is 19.4. The van der Waals surface area contributed by atoms with Gasteiger partial charge in [-0.2, -0.15) is 13.2 Å². The Labute approximate surface area is 137 Å². The van der Waals surface area contributed by atoms with Crippen molar-refractivity contribution in [3.8, 4) is 0 Å². The molecule has 1 N–H and O–H groups in total. The van der Waals surface area contributed by atoms with Crippen LogP contribution in [0.4, 0.5) is 13.2 Å². The lowest BCUT2D eigenvalue weighted by molar-refractivity contribution is -0.152. The lowest BCUT2D eigenvalue weighted by Crippen LogP contribution is -2.47. The number of halogens is 3. The zero-order chi connectivity index (χ0) is 18.3. The number of carbonyl (C=O) groups excluding carboxylic acids is 1. The van der Waals surface area contributed by atoms with Crippen molar-refractivity contribution in [1.82, 2.24) is 4.90 Å². The largest absolute Gasteiger partial charge is 0.481 e. The van der Waals surface area contributed by atoms with E-state index in [1.165, 1.54) is 37.1 Å². The van der Waals surface area contributed by atoms with Crippen LogP contribution < -0.4 is 0 Å². The van der Waals surface area contributed by atoms with E-state index in [2.05, 4.69) is 0 Å². The minimum absolute atomic E-state index is 0.137. The van der Waals surface area contributed by atoms with Crippen molar-refractivity contribution in [3.63, 3.8) is 0 Å². The third-order valence-electron chi connectivity index (χ3n) is 4.72. The summed E-state index contributed by atoms with van der Waals surface area (Å²) in [6, 6.07) is 3.74. The standard InChI is InChI=1S/C16H18F3NO4/c1-15(14(23)24-3)8-10(13(21)22)12(20(15)2)9-6-4-5-7-11(9)16(17,18)19/h4-7,10,12H,8H2,1-3H3,(H,21,22)/t10-,12+,15-/m0/s1. The molecule has 1 aromatic rings. The predicted molar refractivity (Wildman–Crippen MR) is 78.1 cm³/mol. The summed E-state index contributed by atoms with van der Waals surface area (Å²) in [6.07, 6.45) is -4.76. The van der Waals surface area contributed by atoms with E-state index in [0.29, 0.717) is 0 Å². The van der Waals surface area contributed by atoms with Gasteiger partial charge in [-0.25, -0.2) is 0 Å². The molecule has 0 saturated carbocycles. The van der Waals surface area contributed by atoms with Gasteiger partial charge < -0.3 is 9.84 Å². The molecule has 2 rings (SSSR count). The van der Waals surface area contributed by atoms with Crippen molar-refractivity contribution in [2.45, 2.75) is 31.1 Å². The number of carboxylic acid groups (broad SMARTS) is 1. The van der Waals surface area contributed by atoms with E-state index in [-0.39, 0.29) is 12.0 Å². The number of esters is 1. The summed E-state index contributed by atoms with van der Waals surface area (Å²) in [5.41, 5.74) is -2.38. The Hall–Kier alpha value is -2.09. The lowest BCUT2D eigenvalue weighted by atomic mass is 9.88. The van der Waals surface area contributed by atoms with Gasteiger partial charge in [-0.05, 0) is 32.0 Å². The second-order valence-electron chi connectivity index (χ2n) is 6.06. The molecule has 0 spiro atoms. The van der Waals surface area contributed by atoms with E-state index in [4.69, 9.17) is 4.74 Å². The number of likely N-dealkylation sites (tertiary alicyclic amines) is 1. The van der Waals surface area contributed by atoms with E-state index >= 15 is 0 Å². The number of hydrogen-bond acceptors (Lipinski definition) is 4. The third kappa shape index (κ3) is 2.86. The number of benzene rings is 1. The number of hydrogen-bond donors (Lipinski definition) is 1. The molecule has 1 aromatic carbocycles.